The van der Waals surface area contributed by atoms with Gasteiger partial charge in [-0.3, -0.25) is 0 Å². The third-order valence-corrected chi connectivity index (χ3v) is 3.68. The van der Waals surface area contributed by atoms with Gasteiger partial charge in [-0.05, 0) is 36.3 Å². The predicted molar refractivity (Wildman–Crippen MR) is 74.3 cm³/mol. The Bertz CT molecular complexity index is 276. The molecule has 3 heteroatoms. The maximum absolute atomic E-state index is 3.50. The van der Waals surface area contributed by atoms with Crippen LogP contribution in [0.4, 0.5) is 5.69 Å². The average Bonchev–Trinajstić information content (AvgIpc) is 2.27. The van der Waals surface area contributed by atoms with Gasteiger partial charge < -0.3 is 5.32 Å². The zero-order chi connectivity index (χ0) is 10.9. The van der Waals surface area contributed by atoms with Gasteiger partial charge in [0.1, 0.15) is 0 Å². The van der Waals surface area contributed by atoms with Crippen LogP contribution in [0.25, 0.3) is 0 Å². The Hall–Kier alpha value is -0.280. The third kappa shape index (κ3) is 4.85. The van der Waals surface area contributed by atoms with Crippen molar-refractivity contribution in [1.82, 2.24) is 0 Å². The van der Waals surface area contributed by atoms with Gasteiger partial charge in [0.05, 0.1) is 0 Å². The molecule has 0 radical (unpaired) electrons. The third-order valence-electron chi connectivity index (χ3n) is 2.03. The normalized spacial score (nSPS) is 10.3. The molecule has 0 amide bonds. The molecule has 0 aliphatic carbocycles. The molecule has 1 nitrogen and oxygen atoms in total. The van der Waals surface area contributed by atoms with Crippen molar-refractivity contribution in [3.8, 4) is 0 Å². The topological polar surface area (TPSA) is 12.0 Å². The Morgan fingerprint density at radius 2 is 2.07 bits per heavy atom. The molecule has 84 valence electrons. The summed E-state index contributed by atoms with van der Waals surface area (Å²) in [6.07, 6.45) is 3.38. The van der Waals surface area contributed by atoms with Crippen molar-refractivity contribution in [2.24, 2.45) is 0 Å². The molecule has 0 unspecified atom stereocenters. The van der Waals surface area contributed by atoms with Gasteiger partial charge >= 0.3 is 0 Å². The van der Waals surface area contributed by atoms with Gasteiger partial charge in [-0.15, -0.1) is 11.8 Å². The zero-order valence-electron chi connectivity index (χ0n) is 9.45. The lowest BCUT2D eigenvalue weighted by atomic mass is 10.3. The smallest absolute Gasteiger partial charge is 0.0478 e. The first-order valence-electron chi connectivity index (χ1n) is 5.33. The van der Waals surface area contributed by atoms with Crippen LogP contribution in [-0.4, -0.2) is 24.3 Å². The Kier molecular flexibility index (Phi) is 6.77. The number of anilines is 1. The van der Waals surface area contributed by atoms with Crippen LogP contribution in [0, 0.1) is 0 Å². The molecule has 0 atom stereocenters. The summed E-state index contributed by atoms with van der Waals surface area (Å²) in [5, 5.41) is 3.50. The van der Waals surface area contributed by atoms with E-state index in [1.54, 1.807) is 0 Å². The molecule has 0 aliphatic rings. The second-order valence-electron chi connectivity index (χ2n) is 3.20. The lowest BCUT2D eigenvalue weighted by Gasteiger charge is -2.10. The SMILES string of the molecule is CCSc1ccccc1NCCCSC. The second-order valence-corrected chi connectivity index (χ2v) is 5.49. The highest BCUT2D eigenvalue weighted by atomic mass is 32.2. The highest BCUT2D eigenvalue weighted by Crippen LogP contribution is 2.26. The molecule has 0 heterocycles. The van der Waals surface area contributed by atoms with Gasteiger partial charge in [-0.25, -0.2) is 0 Å². The van der Waals surface area contributed by atoms with E-state index >= 15 is 0 Å². The van der Waals surface area contributed by atoms with E-state index in [-0.39, 0.29) is 0 Å². The number of hydrogen-bond acceptors (Lipinski definition) is 3. The first-order valence-corrected chi connectivity index (χ1v) is 7.71. The molecule has 1 N–H and O–H groups in total. The summed E-state index contributed by atoms with van der Waals surface area (Å²) in [5.41, 5.74) is 1.28. The minimum Gasteiger partial charge on any atom is -0.384 e. The first-order chi connectivity index (χ1) is 7.38. The molecule has 15 heavy (non-hydrogen) atoms. The lowest BCUT2D eigenvalue weighted by Crippen LogP contribution is -2.03. The zero-order valence-corrected chi connectivity index (χ0v) is 11.1. The van der Waals surface area contributed by atoms with Gasteiger partial charge in [0.2, 0.25) is 0 Å². The lowest BCUT2D eigenvalue weighted by molar-refractivity contribution is 0.988. The number of thioether (sulfide) groups is 2. The monoisotopic (exact) mass is 241 g/mol. The highest BCUT2D eigenvalue weighted by molar-refractivity contribution is 7.99. The van der Waals surface area contributed by atoms with Crippen molar-refractivity contribution in [3.63, 3.8) is 0 Å². The second kappa shape index (κ2) is 7.94. The fourth-order valence-electron chi connectivity index (χ4n) is 1.33. The number of rotatable bonds is 7. The van der Waals surface area contributed by atoms with Gasteiger partial charge in [0.25, 0.3) is 0 Å². The number of nitrogens with one attached hydrogen (secondary N) is 1. The molecule has 0 saturated carbocycles. The molecule has 0 aliphatic heterocycles. The van der Waals surface area contributed by atoms with E-state index < -0.39 is 0 Å². The molecule has 1 rings (SSSR count). The predicted octanol–water partition coefficient (Wildman–Crippen LogP) is 3.96. The fraction of sp³-hybridized carbons (Fsp3) is 0.500. The molecule has 1 aromatic rings. The summed E-state index contributed by atoms with van der Waals surface area (Å²) >= 11 is 3.80. The molecule has 0 spiro atoms. The summed E-state index contributed by atoms with van der Waals surface area (Å²) in [5.74, 6) is 2.36. The summed E-state index contributed by atoms with van der Waals surface area (Å²) in [7, 11) is 0. The molecule has 0 saturated heterocycles. The average molecular weight is 241 g/mol. The Balaban J connectivity index is 2.44. The summed E-state index contributed by atoms with van der Waals surface area (Å²) in [6.45, 7) is 3.26. The number of hydrogen-bond donors (Lipinski definition) is 1. The molecule has 0 fully saturated rings. The number of benzene rings is 1. The van der Waals surface area contributed by atoms with Crippen molar-refractivity contribution in [2.45, 2.75) is 18.2 Å². The van der Waals surface area contributed by atoms with Crippen LogP contribution in [-0.2, 0) is 0 Å². The molecule has 0 aromatic heterocycles. The van der Waals surface area contributed by atoms with E-state index in [1.807, 2.05) is 23.5 Å². The van der Waals surface area contributed by atoms with Gasteiger partial charge in [0.15, 0.2) is 0 Å². The van der Waals surface area contributed by atoms with E-state index in [9.17, 15) is 0 Å². The van der Waals surface area contributed by atoms with E-state index in [0.717, 1.165) is 12.3 Å². The van der Waals surface area contributed by atoms with E-state index in [2.05, 4.69) is 42.8 Å². The van der Waals surface area contributed by atoms with Crippen LogP contribution >= 0.6 is 23.5 Å². The van der Waals surface area contributed by atoms with Crippen LogP contribution in [0.1, 0.15) is 13.3 Å². The molecular weight excluding hydrogens is 222 g/mol. The Morgan fingerprint density at radius 1 is 1.27 bits per heavy atom. The van der Waals surface area contributed by atoms with Gasteiger partial charge in [-0.1, -0.05) is 19.1 Å². The van der Waals surface area contributed by atoms with E-state index in [4.69, 9.17) is 0 Å². The summed E-state index contributed by atoms with van der Waals surface area (Å²) in [4.78, 5) is 1.36. The standard InChI is InChI=1S/C12H19NS2/c1-3-15-12-8-5-4-7-11(12)13-9-6-10-14-2/h4-5,7-8,13H,3,6,9-10H2,1-2H3. The minimum atomic E-state index is 1.07. The highest BCUT2D eigenvalue weighted by Gasteiger charge is 1.99. The van der Waals surface area contributed by atoms with Crippen LogP contribution in [0.2, 0.25) is 0 Å². The first kappa shape index (κ1) is 12.8. The van der Waals surface area contributed by atoms with Crippen LogP contribution in [0.5, 0.6) is 0 Å². The molecule has 1 aromatic carbocycles. The molecular formula is C12H19NS2. The maximum Gasteiger partial charge on any atom is 0.0478 e. The van der Waals surface area contributed by atoms with Crippen LogP contribution in [0.15, 0.2) is 29.2 Å². The van der Waals surface area contributed by atoms with Gasteiger partial charge in [0, 0.05) is 17.1 Å². The van der Waals surface area contributed by atoms with Crippen LogP contribution in [0.3, 0.4) is 0 Å². The van der Waals surface area contributed by atoms with E-state index in [0.29, 0.717) is 0 Å². The van der Waals surface area contributed by atoms with E-state index in [1.165, 1.54) is 22.8 Å². The van der Waals surface area contributed by atoms with Gasteiger partial charge in [-0.2, -0.15) is 11.8 Å². The van der Waals surface area contributed by atoms with Crippen molar-refractivity contribution < 1.29 is 0 Å². The number of para-hydroxylation sites is 1. The van der Waals surface area contributed by atoms with Crippen molar-refractivity contribution >= 4 is 29.2 Å². The van der Waals surface area contributed by atoms with Crippen molar-refractivity contribution in [1.29, 1.82) is 0 Å². The fourth-order valence-corrected chi connectivity index (χ4v) is 2.55. The maximum atomic E-state index is 3.50. The summed E-state index contributed by atoms with van der Waals surface area (Å²) < 4.78 is 0. The Labute approximate surface area is 101 Å². The minimum absolute atomic E-state index is 1.07. The molecule has 0 bridgehead atoms. The largest absolute Gasteiger partial charge is 0.384 e. The quantitative estimate of drug-likeness (QED) is 0.573. The van der Waals surface area contributed by atoms with Crippen LogP contribution < -0.4 is 5.32 Å². The van der Waals surface area contributed by atoms with Crippen molar-refractivity contribution in [2.75, 3.05) is 29.6 Å². The summed E-state index contributed by atoms with van der Waals surface area (Å²) in [6, 6.07) is 8.55. The Morgan fingerprint density at radius 3 is 2.80 bits per heavy atom. The van der Waals surface area contributed by atoms with Crippen molar-refractivity contribution in [3.05, 3.63) is 24.3 Å².